The number of alkyl carbamates (subject to hydrolysis) is 1. The van der Waals surface area contributed by atoms with Crippen LogP contribution in [-0.2, 0) is 14.3 Å². The van der Waals surface area contributed by atoms with Crippen molar-refractivity contribution in [2.24, 2.45) is 5.92 Å². The highest BCUT2D eigenvalue weighted by molar-refractivity contribution is 5.85. The number of nitrogens with one attached hydrogen (secondary N) is 1. The lowest BCUT2D eigenvalue weighted by atomic mass is 9.93. The number of likely N-dealkylation sites (N-methyl/N-ethyl adjacent to an activating group) is 1. The largest absolute Gasteiger partial charge is 0.480 e. The molecule has 34 heavy (non-hydrogen) atoms. The van der Waals surface area contributed by atoms with Crippen molar-refractivity contribution in [3.8, 4) is 11.1 Å². The maximum Gasteiger partial charge on any atom is 0.407 e. The van der Waals surface area contributed by atoms with E-state index >= 15 is 0 Å². The Balaban J connectivity index is 1.43. The highest BCUT2D eigenvalue weighted by Crippen LogP contribution is 2.44. The number of carboxylic acid groups (broad SMARTS) is 1. The fourth-order valence-corrected chi connectivity index (χ4v) is 5.19. The number of hydrogen-bond acceptors (Lipinski definition) is 4. The van der Waals surface area contributed by atoms with Crippen LogP contribution in [0, 0.1) is 5.92 Å². The molecule has 1 saturated carbocycles. The van der Waals surface area contributed by atoms with Crippen LogP contribution < -0.4 is 5.32 Å². The second kappa shape index (κ2) is 10.3. The Morgan fingerprint density at radius 2 is 1.59 bits per heavy atom. The molecule has 0 bridgehead atoms. The van der Waals surface area contributed by atoms with Gasteiger partial charge in [-0.3, -0.25) is 4.79 Å². The number of carbonyl (C=O) groups is 3. The summed E-state index contributed by atoms with van der Waals surface area (Å²) >= 11 is 0. The molecule has 2 aromatic carbocycles. The van der Waals surface area contributed by atoms with Crippen molar-refractivity contribution in [3.05, 3.63) is 59.7 Å². The standard InChI is InChI=1S/C27H32N2O5/c1-17(26(31)32)29(2)25(30)22-14-4-3-5-15-24(22)28-27(33)34-16-23-20-12-8-6-10-18(20)19-11-7-9-13-21(19)23/h6-13,17,22-24H,3-5,14-16H2,1-2H3,(H,28,33)(H,31,32)/t17?,22-,24+/m1/s1. The molecule has 0 saturated heterocycles. The minimum Gasteiger partial charge on any atom is -0.480 e. The zero-order valence-corrected chi connectivity index (χ0v) is 19.7. The van der Waals surface area contributed by atoms with Crippen LogP contribution in [0.3, 0.4) is 0 Å². The van der Waals surface area contributed by atoms with Gasteiger partial charge in [0, 0.05) is 19.0 Å². The van der Waals surface area contributed by atoms with Crippen LogP contribution in [0.15, 0.2) is 48.5 Å². The Hall–Kier alpha value is -3.35. The Kier molecular flexibility index (Phi) is 7.20. The summed E-state index contributed by atoms with van der Waals surface area (Å²) < 4.78 is 5.69. The van der Waals surface area contributed by atoms with Crippen molar-refractivity contribution in [1.82, 2.24) is 10.2 Å². The summed E-state index contributed by atoms with van der Waals surface area (Å²) in [6, 6.07) is 15.0. The normalized spacial score (nSPS) is 20.4. The van der Waals surface area contributed by atoms with Gasteiger partial charge in [0.1, 0.15) is 12.6 Å². The zero-order chi connectivity index (χ0) is 24.2. The smallest absolute Gasteiger partial charge is 0.407 e. The molecular weight excluding hydrogens is 432 g/mol. The number of carboxylic acids is 1. The van der Waals surface area contributed by atoms with Crippen molar-refractivity contribution in [2.75, 3.05) is 13.7 Å². The van der Waals surface area contributed by atoms with E-state index in [1.807, 2.05) is 24.3 Å². The molecule has 2 N–H and O–H groups in total. The highest BCUT2D eigenvalue weighted by atomic mass is 16.5. The number of fused-ring (bicyclic) bond motifs is 3. The van der Waals surface area contributed by atoms with Gasteiger partial charge in [-0.2, -0.15) is 0 Å². The van der Waals surface area contributed by atoms with Crippen molar-refractivity contribution >= 4 is 18.0 Å². The number of amides is 2. The molecular formula is C27H32N2O5. The molecule has 0 aliphatic heterocycles. The van der Waals surface area contributed by atoms with Gasteiger partial charge in [0.05, 0.1) is 5.92 Å². The van der Waals surface area contributed by atoms with Crippen LogP contribution in [0.25, 0.3) is 11.1 Å². The summed E-state index contributed by atoms with van der Waals surface area (Å²) in [6.07, 6.45) is 3.48. The van der Waals surface area contributed by atoms with E-state index in [1.54, 1.807) is 0 Å². The maximum atomic E-state index is 13.1. The Morgan fingerprint density at radius 1 is 1.00 bits per heavy atom. The summed E-state index contributed by atoms with van der Waals surface area (Å²) in [5.41, 5.74) is 4.61. The van der Waals surface area contributed by atoms with E-state index in [4.69, 9.17) is 4.74 Å². The van der Waals surface area contributed by atoms with Crippen LogP contribution in [0.4, 0.5) is 4.79 Å². The van der Waals surface area contributed by atoms with Crippen LogP contribution in [-0.4, -0.2) is 53.7 Å². The molecule has 2 aliphatic rings. The molecule has 3 atom stereocenters. The summed E-state index contributed by atoms with van der Waals surface area (Å²) in [5, 5.41) is 12.2. The number of aliphatic carboxylic acids is 1. The number of nitrogens with zero attached hydrogens (tertiary/aromatic N) is 1. The fraction of sp³-hybridized carbons (Fsp3) is 0.444. The first-order valence-corrected chi connectivity index (χ1v) is 12.0. The lowest BCUT2D eigenvalue weighted by molar-refractivity contribution is -0.150. The van der Waals surface area contributed by atoms with Gasteiger partial charge < -0.3 is 20.1 Å². The van der Waals surface area contributed by atoms with Gasteiger partial charge in [-0.05, 0) is 42.0 Å². The quantitative estimate of drug-likeness (QED) is 0.618. The molecule has 0 aromatic heterocycles. The topological polar surface area (TPSA) is 95.9 Å². The molecule has 7 heteroatoms. The van der Waals surface area contributed by atoms with Gasteiger partial charge >= 0.3 is 12.1 Å². The second-order valence-electron chi connectivity index (χ2n) is 9.28. The predicted octanol–water partition coefficient (Wildman–Crippen LogP) is 4.41. The Labute approximate surface area is 200 Å². The van der Waals surface area contributed by atoms with E-state index in [2.05, 4.69) is 29.6 Å². The molecule has 180 valence electrons. The summed E-state index contributed by atoms with van der Waals surface area (Å²) in [5.74, 6) is -1.80. The SMILES string of the molecule is CC(C(=O)O)N(C)C(=O)[C@@H]1CCCCC[C@@H]1NC(=O)OCC1c2ccccc2-c2ccccc21. The van der Waals surface area contributed by atoms with Gasteiger partial charge in [-0.1, -0.05) is 67.8 Å². The lowest BCUT2D eigenvalue weighted by Gasteiger charge is -2.31. The van der Waals surface area contributed by atoms with E-state index in [0.29, 0.717) is 12.8 Å². The van der Waals surface area contributed by atoms with Gasteiger partial charge in [-0.15, -0.1) is 0 Å². The Bertz CT molecular complexity index is 1020. The average Bonchev–Trinajstić information content (AvgIpc) is 2.98. The van der Waals surface area contributed by atoms with E-state index in [-0.39, 0.29) is 24.5 Å². The first-order valence-electron chi connectivity index (χ1n) is 12.0. The van der Waals surface area contributed by atoms with Gasteiger partial charge in [0.2, 0.25) is 5.91 Å². The summed E-state index contributed by atoms with van der Waals surface area (Å²) in [6.45, 7) is 1.70. The van der Waals surface area contributed by atoms with E-state index in [9.17, 15) is 19.5 Å². The van der Waals surface area contributed by atoms with Crippen molar-refractivity contribution in [1.29, 1.82) is 0 Å². The minimum atomic E-state index is -1.05. The van der Waals surface area contributed by atoms with Crippen LogP contribution in [0.2, 0.25) is 0 Å². The molecule has 7 nitrogen and oxygen atoms in total. The number of ether oxygens (including phenoxy) is 1. The fourth-order valence-electron chi connectivity index (χ4n) is 5.19. The number of benzene rings is 2. The third-order valence-electron chi connectivity index (χ3n) is 7.27. The number of carbonyl (C=O) groups excluding carboxylic acids is 2. The monoisotopic (exact) mass is 464 g/mol. The molecule has 1 unspecified atom stereocenters. The van der Waals surface area contributed by atoms with E-state index in [0.717, 1.165) is 41.5 Å². The van der Waals surface area contributed by atoms with Gasteiger partial charge in [-0.25, -0.2) is 9.59 Å². The second-order valence-corrected chi connectivity index (χ2v) is 9.28. The average molecular weight is 465 g/mol. The first-order chi connectivity index (χ1) is 16.4. The molecule has 2 amide bonds. The third-order valence-corrected chi connectivity index (χ3v) is 7.27. The van der Waals surface area contributed by atoms with Crippen molar-refractivity contribution in [2.45, 2.75) is 57.0 Å². The predicted molar refractivity (Wildman–Crippen MR) is 128 cm³/mol. The van der Waals surface area contributed by atoms with Gasteiger partial charge in [0.15, 0.2) is 0 Å². The molecule has 0 spiro atoms. The zero-order valence-electron chi connectivity index (χ0n) is 19.7. The first kappa shape index (κ1) is 23.8. The molecule has 0 heterocycles. The van der Waals surface area contributed by atoms with E-state index < -0.39 is 24.0 Å². The summed E-state index contributed by atoms with van der Waals surface area (Å²) in [4.78, 5) is 38.6. The van der Waals surface area contributed by atoms with E-state index in [1.165, 1.54) is 18.9 Å². The van der Waals surface area contributed by atoms with Crippen LogP contribution in [0.1, 0.15) is 56.1 Å². The number of rotatable bonds is 6. The van der Waals surface area contributed by atoms with Gasteiger partial charge in [0.25, 0.3) is 0 Å². The molecule has 1 fully saturated rings. The molecule has 0 radical (unpaired) electrons. The van der Waals surface area contributed by atoms with Crippen molar-refractivity contribution < 1.29 is 24.2 Å². The third kappa shape index (κ3) is 4.79. The molecule has 4 rings (SSSR count). The summed E-state index contributed by atoms with van der Waals surface area (Å²) in [7, 11) is 1.51. The lowest BCUT2D eigenvalue weighted by Crippen LogP contribution is -2.50. The maximum absolute atomic E-state index is 13.1. The molecule has 2 aromatic rings. The van der Waals surface area contributed by atoms with Crippen LogP contribution >= 0.6 is 0 Å². The van der Waals surface area contributed by atoms with Crippen molar-refractivity contribution in [3.63, 3.8) is 0 Å². The molecule has 2 aliphatic carbocycles. The van der Waals surface area contributed by atoms with Crippen LogP contribution in [0.5, 0.6) is 0 Å². The Morgan fingerprint density at radius 3 is 2.21 bits per heavy atom. The number of hydrogen-bond donors (Lipinski definition) is 2. The highest BCUT2D eigenvalue weighted by Gasteiger charge is 2.36. The minimum absolute atomic E-state index is 0.0349.